The number of pyridine rings is 1. The monoisotopic (exact) mass is 453 g/mol. The van der Waals surface area contributed by atoms with Gasteiger partial charge in [-0.05, 0) is 36.1 Å². The van der Waals surface area contributed by atoms with Crippen molar-refractivity contribution in [3.8, 4) is 16.9 Å². The molecule has 1 aromatic carbocycles. The van der Waals surface area contributed by atoms with E-state index in [1.807, 2.05) is 4.68 Å². The minimum absolute atomic E-state index is 0.0305. The molecule has 3 aromatic rings. The molecule has 0 aliphatic carbocycles. The lowest BCUT2D eigenvalue weighted by atomic mass is 9.89. The van der Waals surface area contributed by atoms with E-state index in [4.69, 9.17) is 11.6 Å². The summed E-state index contributed by atoms with van der Waals surface area (Å²) in [6.45, 7) is 6.62. The summed E-state index contributed by atoms with van der Waals surface area (Å²) >= 11 is 6.43. The summed E-state index contributed by atoms with van der Waals surface area (Å²) in [6.07, 6.45) is 4.09. The number of nitrogens with zero attached hydrogens (tertiary/aromatic N) is 3. The third-order valence-electron chi connectivity index (χ3n) is 5.34. The Labute approximate surface area is 190 Å². The predicted molar refractivity (Wildman–Crippen MR) is 123 cm³/mol. The number of aromatic hydroxyl groups is 1. The average molecular weight is 454 g/mol. The van der Waals surface area contributed by atoms with Crippen LogP contribution in [0, 0.1) is 5.41 Å². The summed E-state index contributed by atoms with van der Waals surface area (Å²) in [5, 5.41) is 20.4. The van der Waals surface area contributed by atoms with Gasteiger partial charge in [0, 0.05) is 47.7 Å². The standard InChI is InChI=1S/C23H24ClN5O3/c1-13(30)27-15-4-5-20(31)14(6-15)7-22(32)28-21-8-16(18(24)11-25-21)17-10-26-29-12-23(2,3)9-19(17)29/h4-6,8,10-11,31H,7,9,12H2,1-3H3,(H,27,30)(H,25,28,32). The van der Waals surface area contributed by atoms with Crippen LogP contribution in [0.3, 0.4) is 0 Å². The first-order valence-corrected chi connectivity index (χ1v) is 10.6. The molecule has 3 heterocycles. The molecule has 4 rings (SSSR count). The van der Waals surface area contributed by atoms with Crippen LogP contribution in [-0.4, -0.2) is 31.7 Å². The van der Waals surface area contributed by atoms with Gasteiger partial charge in [-0.3, -0.25) is 14.3 Å². The number of anilines is 2. The number of amides is 2. The topological polar surface area (TPSA) is 109 Å². The third kappa shape index (κ3) is 4.60. The smallest absolute Gasteiger partial charge is 0.230 e. The molecule has 0 bridgehead atoms. The number of nitrogens with one attached hydrogen (secondary N) is 2. The van der Waals surface area contributed by atoms with Crippen LogP contribution in [0.1, 0.15) is 32.0 Å². The highest BCUT2D eigenvalue weighted by Crippen LogP contribution is 2.39. The molecule has 1 aliphatic rings. The Morgan fingerprint density at radius 1 is 1.19 bits per heavy atom. The van der Waals surface area contributed by atoms with E-state index in [-0.39, 0.29) is 29.4 Å². The normalized spacial score (nSPS) is 14.1. The number of carbonyl (C=O) groups is 2. The quantitative estimate of drug-likeness (QED) is 0.505. The van der Waals surface area contributed by atoms with E-state index >= 15 is 0 Å². The lowest BCUT2D eigenvalue weighted by molar-refractivity contribution is -0.116. The van der Waals surface area contributed by atoms with E-state index in [2.05, 4.69) is 34.6 Å². The Morgan fingerprint density at radius 2 is 1.97 bits per heavy atom. The van der Waals surface area contributed by atoms with Crippen molar-refractivity contribution in [2.75, 3.05) is 10.6 Å². The van der Waals surface area contributed by atoms with Crippen molar-refractivity contribution in [3.05, 3.63) is 52.9 Å². The molecule has 9 heteroatoms. The van der Waals surface area contributed by atoms with Crippen LogP contribution in [0.15, 0.2) is 36.7 Å². The molecule has 3 N–H and O–H groups in total. The first-order valence-electron chi connectivity index (χ1n) is 10.2. The average Bonchev–Trinajstić information content (AvgIpc) is 3.20. The molecule has 0 atom stereocenters. The highest BCUT2D eigenvalue weighted by Gasteiger charge is 2.32. The zero-order chi connectivity index (χ0) is 23.0. The predicted octanol–water partition coefficient (Wildman–Crippen LogP) is 4.03. The maximum Gasteiger partial charge on any atom is 0.230 e. The summed E-state index contributed by atoms with van der Waals surface area (Å²) in [6, 6.07) is 6.30. The van der Waals surface area contributed by atoms with Crippen molar-refractivity contribution < 1.29 is 14.7 Å². The van der Waals surface area contributed by atoms with Gasteiger partial charge in [0.25, 0.3) is 0 Å². The summed E-state index contributed by atoms with van der Waals surface area (Å²) in [5.41, 5.74) is 3.82. The van der Waals surface area contributed by atoms with E-state index in [0.29, 0.717) is 22.1 Å². The molecule has 166 valence electrons. The Balaban J connectivity index is 1.53. The van der Waals surface area contributed by atoms with Crippen LogP contribution in [0.2, 0.25) is 5.02 Å². The number of rotatable bonds is 5. The first-order chi connectivity index (χ1) is 15.1. The minimum atomic E-state index is -0.359. The van der Waals surface area contributed by atoms with Crippen molar-refractivity contribution in [1.82, 2.24) is 14.8 Å². The molecule has 0 saturated heterocycles. The molecule has 2 amide bonds. The van der Waals surface area contributed by atoms with E-state index in [1.54, 1.807) is 24.4 Å². The molecule has 0 fully saturated rings. The molecule has 1 aliphatic heterocycles. The van der Waals surface area contributed by atoms with Crippen molar-refractivity contribution in [1.29, 1.82) is 0 Å². The number of phenolic OH excluding ortho intramolecular Hbond substituents is 1. The number of hydrogen-bond donors (Lipinski definition) is 3. The molecule has 8 nitrogen and oxygen atoms in total. The van der Waals surface area contributed by atoms with Crippen LogP contribution in [0.4, 0.5) is 11.5 Å². The van der Waals surface area contributed by atoms with Gasteiger partial charge in [0.05, 0.1) is 17.6 Å². The molecule has 2 aromatic heterocycles. The van der Waals surface area contributed by atoms with Gasteiger partial charge in [-0.25, -0.2) is 4.98 Å². The summed E-state index contributed by atoms with van der Waals surface area (Å²) < 4.78 is 2.00. The minimum Gasteiger partial charge on any atom is -0.508 e. The number of halogens is 1. The Hall–Kier alpha value is -3.39. The first kappa shape index (κ1) is 21.8. The van der Waals surface area contributed by atoms with Gasteiger partial charge in [-0.2, -0.15) is 5.10 Å². The van der Waals surface area contributed by atoms with Crippen LogP contribution in [0.25, 0.3) is 11.1 Å². The van der Waals surface area contributed by atoms with Crippen LogP contribution in [-0.2, 0) is 29.0 Å². The highest BCUT2D eigenvalue weighted by atomic mass is 35.5. The highest BCUT2D eigenvalue weighted by molar-refractivity contribution is 6.33. The second-order valence-corrected chi connectivity index (χ2v) is 9.21. The number of hydrogen-bond acceptors (Lipinski definition) is 5. The fourth-order valence-corrected chi connectivity index (χ4v) is 4.16. The van der Waals surface area contributed by atoms with Gasteiger partial charge in [0.15, 0.2) is 0 Å². The Morgan fingerprint density at radius 3 is 2.72 bits per heavy atom. The van der Waals surface area contributed by atoms with Crippen molar-refractivity contribution >= 4 is 34.9 Å². The van der Waals surface area contributed by atoms with Gasteiger partial charge in [-0.1, -0.05) is 25.4 Å². The van der Waals surface area contributed by atoms with E-state index in [1.165, 1.54) is 19.2 Å². The maximum atomic E-state index is 12.6. The van der Waals surface area contributed by atoms with E-state index < -0.39 is 0 Å². The van der Waals surface area contributed by atoms with Crippen molar-refractivity contribution in [2.45, 2.75) is 40.2 Å². The molecule has 0 unspecified atom stereocenters. The fraction of sp³-hybridized carbons (Fsp3) is 0.304. The summed E-state index contributed by atoms with van der Waals surface area (Å²) in [5.74, 6) is -0.275. The number of fused-ring (bicyclic) bond motifs is 1. The lowest BCUT2D eigenvalue weighted by Crippen LogP contribution is -2.16. The molecular weight excluding hydrogens is 430 g/mol. The van der Waals surface area contributed by atoms with Gasteiger partial charge in [0.2, 0.25) is 11.8 Å². The second kappa shape index (κ2) is 8.27. The molecule has 0 radical (unpaired) electrons. The van der Waals surface area contributed by atoms with E-state index in [9.17, 15) is 14.7 Å². The van der Waals surface area contributed by atoms with Gasteiger partial charge >= 0.3 is 0 Å². The summed E-state index contributed by atoms with van der Waals surface area (Å²) in [4.78, 5) is 28.1. The van der Waals surface area contributed by atoms with Crippen molar-refractivity contribution in [3.63, 3.8) is 0 Å². The number of phenols is 1. The van der Waals surface area contributed by atoms with Crippen LogP contribution < -0.4 is 10.6 Å². The van der Waals surface area contributed by atoms with Crippen LogP contribution >= 0.6 is 11.6 Å². The summed E-state index contributed by atoms with van der Waals surface area (Å²) in [7, 11) is 0. The van der Waals surface area contributed by atoms with Gasteiger partial charge < -0.3 is 15.7 Å². The SMILES string of the molecule is CC(=O)Nc1ccc(O)c(CC(=O)Nc2cc(-c3cnn4c3CC(C)(C)C4)c(Cl)cn2)c1. The number of aromatic nitrogens is 3. The number of benzene rings is 1. The number of carbonyl (C=O) groups excluding carboxylic acids is 2. The molecule has 0 spiro atoms. The molecule has 0 saturated carbocycles. The second-order valence-electron chi connectivity index (χ2n) is 8.80. The Bertz CT molecular complexity index is 1220. The third-order valence-corrected chi connectivity index (χ3v) is 5.64. The lowest BCUT2D eigenvalue weighted by Gasteiger charge is -2.14. The van der Waals surface area contributed by atoms with Gasteiger partial charge in [-0.15, -0.1) is 0 Å². The maximum absolute atomic E-state index is 12.6. The van der Waals surface area contributed by atoms with Crippen molar-refractivity contribution in [2.24, 2.45) is 5.41 Å². The zero-order valence-electron chi connectivity index (χ0n) is 18.1. The Kier molecular flexibility index (Phi) is 5.64. The fourth-order valence-electron chi connectivity index (χ4n) is 3.95. The largest absolute Gasteiger partial charge is 0.508 e. The van der Waals surface area contributed by atoms with Gasteiger partial charge in [0.1, 0.15) is 11.6 Å². The van der Waals surface area contributed by atoms with Crippen LogP contribution in [0.5, 0.6) is 5.75 Å². The molecular formula is C23H24ClN5O3. The molecule has 32 heavy (non-hydrogen) atoms. The zero-order valence-corrected chi connectivity index (χ0v) is 18.8. The van der Waals surface area contributed by atoms with E-state index in [0.717, 1.165) is 29.8 Å².